The Hall–Kier alpha value is -2.57. The molecule has 2 aromatic carbocycles. The van der Waals surface area contributed by atoms with Gasteiger partial charge in [0, 0.05) is 16.8 Å². The van der Waals surface area contributed by atoms with Gasteiger partial charge < -0.3 is 4.74 Å². The number of methoxy groups -OCH3 is 1. The molecule has 0 amide bonds. The maximum Gasteiger partial charge on any atom is 0.263 e. The summed E-state index contributed by atoms with van der Waals surface area (Å²) in [7, 11) is -2.16. The van der Waals surface area contributed by atoms with E-state index >= 15 is 0 Å². The van der Waals surface area contributed by atoms with Gasteiger partial charge in [0.05, 0.1) is 12.0 Å². The number of aromatic nitrogens is 1. The maximum absolute atomic E-state index is 12.6. The molecule has 0 aliphatic heterocycles. The smallest absolute Gasteiger partial charge is 0.263 e. The standard InChI is InChI=1S/C19H17ClN2O3S/c1-13-17(20)4-3-5-18(13)26(23,24)22-19-11-8-15(12-21-19)14-6-9-16(25-2)10-7-14/h3-12H,1-2H3,(H,21,22). The van der Waals surface area contributed by atoms with Crippen molar-refractivity contribution in [3.63, 3.8) is 0 Å². The van der Waals surface area contributed by atoms with Crippen LogP contribution in [-0.2, 0) is 10.0 Å². The van der Waals surface area contributed by atoms with Crippen molar-refractivity contribution >= 4 is 27.4 Å². The predicted molar refractivity (Wildman–Crippen MR) is 103 cm³/mol. The molecular formula is C19H17ClN2O3S. The molecule has 0 fully saturated rings. The topological polar surface area (TPSA) is 68.3 Å². The lowest BCUT2D eigenvalue weighted by Crippen LogP contribution is -2.15. The zero-order valence-electron chi connectivity index (χ0n) is 14.2. The van der Waals surface area contributed by atoms with Crippen molar-refractivity contribution in [2.75, 3.05) is 11.8 Å². The van der Waals surface area contributed by atoms with E-state index in [1.54, 1.807) is 44.5 Å². The van der Waals surface area contributed by atoms with Crippen LogP contribution in [0.4, 0.5) is 5.82 Å². The molecule has 0 aliphatic carbocycles. The number of halogens is 1. The Bertz CT molecular complexity index is 1020. The molecule has 3 aromatic rings. The first-order valence-electron chi connectivity index (χ1n) is 7.79. The van der Waals surface area contributed by atoms with Crippen molar-refractivity contribution in [1.82, 2.24) is 4.98 Å². The molecule has 0 unspecified atom stereocenters. The van der Waals surface area contributed by atoms with Gasteiger partial charge in [0.15, 0.2) is 0 Å². The fraction of sp³-hybridized carbons (Fsp3) is 0.105. The van der Waals surface area contributed by atoms with E-state index < -0.39 is 10.0 Å². The molecule has 0 radical (unpaired) electrons. The third-order valence-corrected chi connectivity index (χ3v) is 5.84. The Kier molecular flexibility index (Phi) is 5.15. The van der Waals surface area contributed by atoms with E-state index in [-0.39, 0.29) is 10.7 Å². The normalized spacial score (nSPS) is 11.2. The minimum absolute atomic E-state index is 0.131. The summed E-state index contributed by atoms with van der Waals surface area (Å²) in [5.74, 6) is 1.00. The predicted octanol–water partition coefficient (Wildman–Crippen LogP) is 4.52. The number of rotatable bonds is 5. The van der Waals surface area contributed by atoms with Crippen LogP contribution in [0.2, 0.25) is 5.02 Å². The summed E-state index contributed by atoms with van der Waals surface area (Å²) in [5, 5.41) is 0.399. The summed E-state index contributed by atoms with van der Waals surface area (Å²) < 4.78 is 32.8. The number of anilines is 1. The molecule has 5 nitrogen and oxygen atoms in total. The number of nitrogens with one attached hydrogen (secondary N) is 1. The van der Waals surface area contributed by atoms with E-state index in [0.29, 0.717) is 10.6 Å². The van der Waals surface area contributed by atoms with Gasteiger partial charge in [-0.1, -0.05) is 29.8 Å². The van der Waals surface area contributed by atoms with Gasteiger partial charge in [0.25, 0.3) is 10.0 Å². The SMILES string of the molecule is COc1ccc(-c2ccc(NS(=O)(=O)c3cccc(Cl)c3C)nc2)cc1. The van der Waals surface area contributed by atoms with Gasteiger partial charge in [-0.2, -0.15) is 0 Å². The number of sulfonamides is 1. The van der Waals surface area contributed by atoms with E-state index in [1.165, 1.54) is 6.07 Å². The average Bonchev–Trinajstić information content (AvgIpc) is 2.64. The molecule has 0 spiro atoms. The second-order valence-corrected chi connectivity index (χ2v) is 7.69. The largest absolute Gasteiger partial charge is 0.497 e. The van der Waals surface area contributed by atoms with Crippen LogP contribution in [0.3, 0.4) is 0 Å². The summed E-state index contributed by atoms with van der Waals surface area (Å²) >= 11 is 6.02. The van der Waals surface area contributed by atoms with Crippen molar-refractivity contribution in [2.45, 2.75) is 11.8 Å². The first-order valence-corrected chi connectivity index (χ1v) is 9.65. The van der Waals surface area contributed by atoms with Crippen LogP contribution >= 0.6 is 11.6 Å². The highest BCUT2D eigenvalue weighted by Gasteiger charge is 2.18. The lowest BCUT2D eigenvalue weighted by atomic mass is 10.1. The third kappa shape index (κ3) is 3.81. The average molecular weight is 389 g/mol. The van der Waals surface area contributed by atoms with Gasteiger partial charge in [0.1, 0.15) is 11.6 Å². The molecule has 0 atom stereocenters. The van der Waals surface area contributed by atoms with Gasteiger partial charge in [-0.25, -0.2) is 13.4 Å². The van der Waals surface area contributed by atoms with Crippen molar-refractivity contribution in [2.24, 2.45) is 0 Å². The molecule has 0 saturated carbocycles. The minimum Gasteiger partial charge on any atom is -0.497 e. The minimum atomic E-state index is -3.77. The Morgan fingerprint density at radius 2 is 1.69 bits per heavy atom. The third-order valence-electron chi connectivity index (χ3n) is 3.93. The Balaban J connectivity index is 1.83. The molecule has 1 aromatic heterocycles. The monoisotopic (exact) mass is 388 g/mol. The zero-order valence-corrected chi connectivity index (χ0v) is 15.8. The van der Waals surface area contributed by atoms with E-state index in [2.05, 4.69) is 9.71 Å². The Morgan fingerprint density at radius 3 is 2.31 bits per heavy atom. The van der Waals surface area contributed by atoms with Crippen LogP contribution in [0.5, 0.6) is 5.75 Å². The van der Waals surface area contributed by atoms with Crippen LogP contribution < -0.4 is 9.46 Å². The van der Waals surface area contributed by atoms with Gasteiger partial charge >= 0.3 is 0 Å². The Morgan fingerprint density at radius 1 is 1.00 bits per heavy atom. The summed E-state index contributed by atoms with van der Waals surface area (Å²) in [5.41, 5.74) is 2.32. The second kappa shape index (κ2) is 7.35. The number of hydrogen-bond acceptors (Lipinski definition) is 4. The second-order valence-electron chi connectivity index (χ2n) is 5.63. The first kappa shape index (κ1) is 18.2. The highest BCUT2D eigenvalue weighted by Crippen LogP contribution is 2.26. The molecule has 7 heteroatoms. The molecule has 26 heavy (non-hydrogen) atoms. The zero-order chi connectivity index (χ0) is 18.7. The highest BCUT2D eigenvalue weighted by molar-refractivity contribution is 7.92. The van der Waals surface area contributed by atoms with Crippen molar-refractivity contribution in [1.29, 1.82) is 0 Å². The van der Waals surface area contributed by atoms with Gasteiger partial charge in [-0.15, -0.1) is 0 Å². The fourth-order valence-corrected chi connectivity index (χ4v) is 3.99. The number of hydrogen-bond donors (Lipinski definition) is 1. The molecule has 0 aliphatic rings. The van der Waals surface area contributed by atoms with E-state index in [9.17, 15) is 8.42 Å². The van der Waals surface area contributed by atoms with Crippen LogP contribution in [0.1, 0.15) is 5.56 Å². The molecule has 1 N–H and O–H groups in total. The number of ether oxygens (including phenoxy) is 1. The van der Waals surface area contributed by atoms with Crippen LogP contribution in [-0.4, -0.2) is 20.5 Å². The van der Waals surface area contributed by atoms with Crippen molar-refractivity contribution in [3.05, 3.63) is 71.4 Å². The van der Waals surface area contributed by atoms with Crippen molar-refractivity contribution in [3.8, 4) is 16.9 Å². The van der Waals surface area contributed by atoms with Crippen LogP contribution in [0.25, 0.3) is 11.1 Å². The summed E-state index contributed by atoms with van der Waals surface area (Å²) in [6, 6.07) is 15.7. The number of benzene rings is 2. The lowest BCUT2D eigenvalue weighted by Gasteiger charge is -2.11. The quantitative estimate of drug-likeness (QED) is 0.697. The molecule has 3 rings (SSSR count). The van der Waals surface area contributed by atoms with E-state index in [1.807, 2.05) is 24.3 Å². The first-order chi connectivity index (χ1) is 12.4. The van der Waals surface area contributed by atoms with Gasteiger partial charge in [0.2, 0.25) is 0 Å². The van der Waals surface area contributed by atoms with Gasteiger partial charge in [-0.3, -0.25) is 4.72 Å². The molecule has 0 saturated heterocycles. The van der Waals surface area contributed by atoms with E-state index in [4.69, 9.17) is 16.3 Å². The summed E-state index contributed by atoms with van der Waals surface area (Å²) in [4.78, 5) is 4.34. The highest BCUT2D eigenvalue weighted by atomic mass is 35.5. The van der Waals surface area contributed by atoms with Crippen LogP contribution in [0.15, 0.2) is 65.7 Å². The van der Waals surface area contributed by atoms with Crippen LogP contribution in [0, 0.1) is 6.92 Å². The molecule has 1 heterocycles. The van der Waals surface area contributed by atoms with Crippen molar-refractivity contribution < 1.29 is 13.2 Å². The molecule has 0 bridgehead atoms. The van der Waals surface area contributed by atoms with Gasteiger partial charge in [-0.05, 0) is 54.4 Å². The Labute approximate surface area is 157 Å². The summed E-state index contributed by atoms with van der Waals surface area (Å²) in [6.45, 7) is 1.66. The number of pyridine rings is 1. The van der Waals surface area contributed by atoms with E-state index in [0.717, 1.165) is 16.9 Å². The lowest BCUT2D eigenvalue weighted by molar-refractivity contribution is 0.415. The fourth-order valence-electron chi connectivity index (χ4n) is 2.48. The number of nitrogens with zero attached hydrogens (tertiary/aromatic N) is 1. The molecule has 134 valence electrons. The molecular weight excluding hydrogens is 372 g/mol. The maximum atomic E-state index is 12.6. The summed E-state index contributed by atoms with van der Waals surface area (Å²) in [6.07, 6.45) is 1.62.